The van der Waals surface area contributed by atoms with Crippen molar-refractivity contribution in [1.29, 1.82) is 0 Å². The third-order valence-electron chi connectivity index (χ3n) is 3.39. The Kier molecular flexibility index (Phi) is 3.29. The van der Waals surface area contributed by atoms with Gasteiger partial charge in [0.2, 0.25) is 10.1 Å². The van der Waals surface area contributed by atoms with Crippen molar-refractivity contribution in [2.75, 3.05) is 18.2 Å². The average molecular weight is 321 g/mol. The van der Waals surface area contributed by atoms with Crippen LogP contribution in [0.1, 0.15) is 12.8 Å². The van der Waals surface area contributed by atoms with Crippen molar-refractivity contribution in [1.82, 2.24) is 14.6 Å². The molecule has 1 aliphatic heterocycles. The third-order valence-corrected chi connectivity index (χ3v) is 4.57. The first-order valence-corrected chi connectivity index (χ1v) is 8.02. The summed E-state index contributed by atoms with van der Waals surface area (Å²) in [6, 6.07) is 7.66. The maximum Gasteiger partial charge on any atom is 0.232 e. The van der Waals surface area contributed by atoms with Gasteiger partial charge in [0, 0.05) is 17.1 Å². The monoisotopic (exact) mass is 320 g/mol. The maximum absolute atomic E-state index is 5.91. The van der Waals surface area contributed by atoms with E-state index >= 15 is 0 Å². The van der Waals surface area contributed by atoms with Crippen LogP contribution in [0, 0.1) is 0 Å². The van der Waals surface area contributed by atoms with Crippen LogP contribution in [0.2, 0.25) is 5.02 Å². The maximum atomic E-state index is 5.91. The topological polar surface area (TPSA) is 42.7 Å². The van der Waals surface area contributed by atoms with E-state index in [4.69, 9.17) is 16.4 Å². The van der Waals surface area contributed by atoms with Crippen LogP contribution in [0.25, 0.3) is 16.2 Å². The second-order valence-electron chi connectivity index (χ2n) is 4.89. The van der Waals surface area contributed by atoms with Crippen molar-refractivity contribution in [2.24, 2.45) is 0 Å². The molecule has 0 saturated carbocycles. The fraction of sp³-hybridized carbons (Fsp3) is 0.286. The zero-order valence-electron chi connectivity index (χ0n) is 11.2. The van der Waals surface area contributed by atoms with Crippen LogP contribution in [0.4, 0.5) is 5.13 Å². The molecule has 1 aliphatic rings. The molecule has 0 spiro atoms. The Balaban J connectivity index is 1.65. The molecule has 21 heavy (non-hydrogen) atoms. The standard InChI is InChI=1S/C14H13ClN4OS/c15-11-5-3-10(4-6-11)12-9-18-13(16-12)21-14(17-18)19-7-1-2-8-20-19/h3-6,9H,1-2,7-8H2. The minimum atomic E-state index is 0.724. The zero-order chi connectivity index (χ0) is 14.2. The molecular weight excluding hydrogens is 308 g/mol. The van der Waals surface area contributed by atoms with E-state index in [1.165, 1.54) is 11.3 Å². The summed E-state index contributed by atoms with van der Waals surface area (Å²) < 4.78 is 1.81. The van der Waals surface area contributed by atoms with Gasteiger partial charge in [-0.15, -0.1) is 5.10 Å². The predicted octanol–water partition coefficient (Wildman–Crippen LogP) is 3.64. The van der Waals surface area contributed by atoms with Gasteiger partial charge in [0.05, 0.1) is 18.5 Å². The van der Waals surface area contributed by atoms with Gasteiger partial charge in [-0.05, 0) is 25.0 Å². The van der Waals surface area contributed by atoms with Gasteiger partial charge in [-0.2, -0.15) is 0 Å². The molecule has 0 atom stereocenters. The normalized spacial score (nSPS) is 15.8. The van der Waals surface area contributed by atoms with Gasteiger partial charge < -0.3 is 0 Å². The summed E-state index contributed by atoms with van der Waals surface area (Å²) in [5, 5.41) is 8.00. The summed E-state index contributed by atoms with van der Waals surface area (Å²) in [7, 11) is 0. The Morgan fingerprint density at radius 1 is 1.19 bits per heavy atom. The molecule has 3 aromatic rings. The lowest BCUT2D eigenvalue weighted by atomic mass is 10.2. The zero-order valence-corrected chi connectivity index (χ0v) is 12.8. The van der Waals surface area contributed by atoms with E-state index in [1.807, 2.05) is 40.0 Å². The summed E-state index contributed by atoms with van der Waals surface area (Å²) >= 11 is 7.45. The van der Waals surface area contributed by atoms with Crippen LogP contribution in [0.5, 0.6) is 0 Å². The summed E-state index contributed by atoms with van der Waals surface area (Å²) in [5.74, 6) is 0. The van der Waals surface area contributed by atoms with E-state index in [0.717, 1.165) is 52.4 Å². The molecule has 0 N–H and O–H groups in total. The van der Waals surface area contributed by atoms with Crippen molar-refractivity contribution in [3.63, 3.8) is 0 Å². The van der Waals surface area contributed by atoms with Crippen molar-refractivity contribution in [3.05, 3.63) is 35.5 Å². The highest BCUT2D eigenvalue weighted by Crippen LogP contribution is 2.28. The number of rotatable bonds is 2. The van der Waals surface area contributed by atoms with Crippen LogP contribution in [-0.4, -0.2) is 27.7 Å². The Morgan fingerprint density at radius 2 is 2.05 bits per heavy atom. The van der Waals surface area contributed by atoms with Crippen LogP contribution in [-0.2, 0) is 4.84 Å². The van der Waals surface area contributed by atoms with E-state index in [9.17, 15) is 0 Å². The highest BCUT2D eigenvalue weighted by molar-refractivity contribution is 7.20. The SMILES string of the molecule is Clc1ccc(-c2cn3nc(N4CCCCO4)sc3n2)cc1. The first kappa shape index (κ1) is 13.1. The second-order valence-corrected chi connectivity index (χ2v) is 6.26. The van der Waals surface area contributed by atoms with Crippen molar-refractivity contribution in [2.45, 2.75) is 12.8 Å². The van der Waals surface area contributed by atoms with Gasteiger partial charge in [-0.25, -0.2) is 14.6 Å². The number of benzene rings is 1. The van der Waals surface area contributed by atoms with Gasteiger partial charge >= 0.3 is 0 Å². The first-order valence-electron chi connectivity index (χ1n) is 6.82. The van der Waals surface area contributed by atoms with Crippen LogP contribution in [0.3, 0.4) is 0 Å². The summed E-state index contributed by atoms with van der Waals surface area (Å²) in [6.07, 6.45) is 4.18. The number of hydrogen-bond donors (Lipinski definition) is 0. The molecule has 3 heterocycles. The molecule has 7 heteroatoms. The van der Waals surface area contributed by atoms with E-state index < -0.39 is 0 Å². The van der Waals surface area contributed by atoms with Crippen LogP contribution < -0.4 is 5.06 Å². The molecule has 0 aliphatic carbocycles. The molecule has 4 rings (SSSR count). The minimum Gasteiger partial charge on any atom is -0.271 e. The largest absolute Gasteiger partial charge is 0.271 e. The Bertz CT molecular complexity index is 729. The molecule has 5 nitrogen and oxygen atoms in total. The molecule has 0 amide bonds. The van der Waals surface area contributed by atoms with Gasteiger partial charge in [-0.3, -0.25) is 4.84 Å². The molecule has 1 aromatic carbocycles. The van der Waals surface area contributed by atoms with E-state index in [0.29, 0.717) is 0 Å². The van der Waals surface area contributed by atoms with E-state index in [2.05, 4.69) is 10.1 Å². The molecule has 0 unspecified atom stereocenters. The number of hydrogen-bond acceptors (Lipinski definition) is 5. The number of imidazole rings is 1. The predicted molar refractivity (Wildman–Crippen MR) is 83.8 cm³/mol. The lowest BCUT2D eigenvalue weighted by molar-refractivity contribution is 0.0773. The smallest absolute Gasteiger partial charge is 0.232 e. The highest BCUT2D eigenvalue weighted by atomic mass is 35.5. The molecule has 2 aromatic heterocycles. The molecule has 108 valence electrons. The van der Waals surface area contributed by atoms with Crippen molar-refractivity contribution < 1.29 is 4.84 Å². The molecular formula is C14H13ClN4OS. The number of halogens is 1. The highest BCUT2D eigenvalue weighted by Gasteiger charge is 2.18. The Morgan fingerprint density at radius 3 is 2.76 bits per heavy atom. The molecule has 1 fully saturated rings. The van der Waals surface area contributed by atoms with Gasteiger partial charge in [0.25, 0.3) is 0 Å². The van der Waals surface area contributed by atoms with E-state index in [1.54, 1.807) is 0 Å². The quantitative estimate of drug-likeness (QED) is 0.723. The first-order chi connectivity index (χ1) is 10.3. The second kappa shape index (κ2) is 5.29. The van der Waals surface area contributed by atoms with Crippen molar-refractivity contribution in [3.8, 4) is 11.3 Å². The number of nitrogens with zero attached hydrogens (tertiary/aromatic N) is 4. The molecule has 0 radical (unpaired) electrons. The van der Waals surface area contributed by atoms with Crippen molar-refractivity contribution >= 4 is 33.0 Å². The number of aromatic nitrogens is 3. The summed E-state index contributed by atoms with van der Waals surface area (Å²) in [6.45, 7) is 1.65. The summed E-state index contributed by atoms with van der Waals surface area (Å²) in [5.41, 5.74) is 1.93. The number of fused-ring (bicyclic) bond motifs is 1. The van der Waals surface area contributed by atoms with E-state index in [-0.39, 0.29) is 0 Å². The van der Waals surface area contributed by atoms with Crippen LogP contribution >= 0.6 is 22.9 Å². The van der Waals surface area contributed by atoms with Gasteiger partial charge in [0.1, 0.15) is 0 Å². The fourth-order valence-electron chi connectivity index (χ4n) is 2.30. The van der Waals surface area contributed by atoms with Gasteiger partial charge in [0.15, 0.2) is 0 Å². The number of hydroxylamine groups is 1. The molecule has 0 bridgehead atoms. The third kappa shape index (κ3) is 2.50. The number of anilines is 1. The van der Waals surface area contributed by atoms with Gasteiger partial charge in [-0.1, -0.05) is 35.1 Å². The Hall–Kier alpha value is -1.63. The van der Waals surface area contributed by atoms with Crippen LogP contribution in [0.15, 0.2) is 30.5 Å². The summed E-state index contributed by atoms with van der Waals surface area (Å²) in [4.78, 5) is 11.1. The molecule has 1 saturated heterocycles. The average Bonchev–Trinajstić information content (AvgIpc) is 3.07. The Labute approximate surface area is 130 Å². The minimum absolute atomic E-state index is 0.724. The fourth-order valence-corrected chi connectivity index (χ4v) is 3.29. The lowest BCUT2D eigenvalue weighted by Crippen LogP contribution is -2.29. The lowest BCUT2D eigenvalue weighted by Gasteiger charge is -2.24.